The molecule has 1 aromatic carbocycles. The standard InChI is InChI=1S/C20H21N5O4/c1-28-16-5-3-2-4-15(16)17-21-20(24-23-17)22-18(26)13-6-9-25(10-7-13)19(27)14-8-11-29-12-14/h2-5,8,11-13H,6-7,9-10H2,1H3,(H2,21,22,23,24,26). The Kier molecular flexibility index (Phi) is 5.28. The predicted molar refractivity (Wildman–Crippen MR) is 104 cm³/mol. The molecule has 1 aliphatic heterocycles. The van der Waals surface area contributed by atoms with Crippen molar-refractivity contribution in [3.05, 3.63) is 48.4 Å². The predicted octanol–water partition coefficient (Wildman–Crippen LogP) is 2.56. The van der Waals surface area contributed by atoms with Gasteiger partial charge in [0.25, 0.3) is 5.91 Å². The maximum Gasteiger partial charge on any atom is 0.257 e. The molecule has 2 amide bonds. The highest BCUT2D eigenvalue weighted by Crippen LogP contribution is 2.27. The number of hydrogen-bond acceptors (Lipinski definition) is 6. The first-order valence-electron chi connectivity index (χ1n) is 9.34. The molecule has 9 heteroatoms. The highest BCUT2D eigenvalue weighted by atomic mass is 16.5. The third-order valence-electron chi connectivity index (χ3n) is 5.00. The summed E-state index contributed by atoms with van der Waals surface area (Å²) < 4.78 is 10.3. The molecule has 1 saturated heterocycles. The first-order chi connectivity index (χ1) is 14.2. The van der Waals surface area contributed by atoms with Crippen molar-refractivity contribution in [1.82, 2.24) is 20.1 Å². The number of benzene rings is 1. The molecule has 0 spiro atoms. The fourth-order valence-electron chi connectivity index (χ4n) is 3.40. The number of likely N-dealkylation sites (tertiary alicyclic amines) is 1. The third-order valence-corrected chi connectivity index (χ3v) is 5.00. The third kappa shape index (κ3) is 3.98. The Hall–Kier alpha value is -3.62. The molecule has 0 radical (unpaired) electrons. The average molecular weight is 395 g/mol. The quantitative estimate of drug-likeness (QED) is 0.686. The van der Waals surface area contributed by atoms with Crippen molar-refractivity contribution < 1.29 is 18.7 Å². The van der Waals surface area contributed by atoms with Gasteiger partial charge >= 0.3 is 0 Å². The molecule has 2 aromatic heterocycles. The van der Waals surface area contributed by atoms with E-state index < -0.39 is 0 Å². The van der Waals surface area contributed by atoms with E-state index in [4.69, 9.17) is 9.15 Å². The van der Waals surface area contributed by atoms with E-state index in [-0.39, 0.29) is 23.7 Å². The first kappa shape index (κ1) is 18.7. The zero-order valence-electron chi connectivity index (χ0n) is 15.9. The second-order valence-electron chi connectivity index (χ2n) is 6.78. The number of nitrogens with zero attached hydrogens (tertiary/aromatic N) is 3. The van der Waals surface area contributed by atoms with Crippen LogP contribution in [0.5, 0.6) is 5.75 Å². The van der Waals surface area contributed by atoms with Gasteiger partial charge < -0.3 is 14.1 Å². The van der Waals surface area contributed by atoms with Gasteiger partial charge in [0.1, 0.15) is 12.0 Å². The lowest BCUT2D eigenvalue weighted by atomic mass is 9.95. The van der Waals surface area contributed by atoms with Gasteiger partial charge in [0.05, 0.1) is 24.5 Å². The number of H-pyrrole nitrogens is 1. The molecular weight excluding hydrogens is 374 g/mol. The van der Waals surface area contributed by atoms with Gasteiger partial charge in [-0.25, -0.2) is 0 Å². The summed E-state index contributed by atoms with van der Waals surface area (Å²) in [5.41, 5.74) is 1.28. The summed E-state index contributed by atoms with van der Waals surface area (Å²) in [5.74, 6) is 0.970. The molecule has 1 fully saturated rings. The largest absolute Gasteiger partial charge is 0.496 e. The minimum atomic E-state index is -0.198. The van der Waals surface area contributed by atoms with Crippen LogP contribution < -0.4 is 10.1 Å². The van der Waals surface area contributed by atoms with E-state index in [1.54, 1.807) is 18.1 Å². The molecule has 29 heavy (non-hydrogen) atoms. The molecule has 2 N–H and O–H groups in total. The Labute approximate surface area is 167 Å². The summed E-state index contributed by atoms with van der Waals surface area (Å²) in [5, 5.41) is 9.67. The molecule has 3 aromatic rings. The fourth-order valence-corrected chi connectivity index (χ4v) is 3.40. The van der Waals surface area contributed by atoms with Crippen molar-refractivity contribution in [2.75, 3.05) is 25.5 Å². The summed E-state index contributed by atoms with van der Waals surface area (Å²) in [4.78, 5) is 31.0. The topological polar surface area (TPSA) is 113 Å². The molecule has 1 aliphatic rings. The normalized spacial score (nSPS) is 14.6. The van der Waals surface area contributed by atoms with Crippen molar-refractivity contribution in [3.8, 4) is 17.1 Å². The van der Waals surface area contributed by atoms with E-state index in [1.165, 1.54) is 12.5 Å². The zero-order chi connectivity index (χ0) is 20.2. The van der Waals surface area contributed by atoms with Crippen LogP contribution in [0.3, 0.4) is 0 Å². The molecule has 150 valence electrons. The van der Waals surface area contributed by atoms with Crippen LogP contribution in [-0.2, 0) is 4.79 Å². The Morgan fingerprint density at radius 1 is 1.24 bits per heavy atom. The fraction of sp³-hybridized carbons (Fsp3) is 0.300. The number of methoxy groups -OCH3 is 1. The molecule has 0 aliphatic carbocycles. The molecule has 3 heterocycles. The van der Waals surface area contributed by atoms with Gasteiger partial charge in [-0.15, -0.1) is 5.10 Å². The number of hydrogen-bond donors (Lipinski definition) is 2. The Morgan fingerprint density at radius 2 is 2.03 bits per heavy atom. The van der Waals surface area contributed by atoms with E-state index in [0.29, 0.717) is 43.1 Å². The second kappa shape index (κ2) is 8.17. The average Bonchev–Trinajstić information content (AvgIpc) is 3.46. The zero-order valence-corrected chi connectivity index (χ0v) is 15.9. The maximum atomic E-state index is 12.6. The molecule has 9 nitrogen and oxygen atoms in total. The molecule has 0 unspecified atom stereocenters. The lowest BCUT2D eigenvalue weighted by Gasteiger charge is -2.30. The number of amides is 2. The van der Waals surface area contributed by atoms with E-state index in [2.05, 4.69) is 20.5 Å². The monoisotopic (exact) mass is 395 g/mol. The number of piperidine rings is 1. The SMILES string of the molecule is COc1ccccc1-c1nc(NC(=O)C2CCN(C(=O)c3ccoc3)CC2)n[nH]1. The second-order valence-corrected chi connectivity index (χ2v) is 6.78. The van der Waals surface area contributed by atoms with Crippen LogP contribution in [0.1, 0.15) is 23.2 Å². The Morgan fingerprint density at radius 3 is 2.76 bits per heavy atom. The van der Waals surface area contributed by atoms with Gasteiger partial charge in [0, 0.05) is 19.0 Å². The number of furan rings is 1. The highest BCUT2D eigenvalue weighted by molar-refractivity contribution is 5.94. The van der Waals surface area contributed by atoms with E-state index in [1.807, 2.05) is 24.3 Å². The van der Waals surface area contributed by atoms with Crippen LogP contribution in [0, 0.1) is 5.92 Å². The van der Waals surface area contributed by atoms with Gasteiger partial charge in [-0.1, -0.05) is 12.1 Å². The van der Waals surface area contributed by atoms with Crippen molar-refractivity contribution in [1.29, 1.82) is 0 Å². The minimum Gasteiger partial charge on any atom is -0.496 e. The van der Waals surface area contributed by atoms with Crippen LogP contribution in [-0.4, -0.2) is 52.1 Å². The number of carbonyl (C=O) groups is 2. The summed E-state index contributed by atoms with van der Waals surface area (Å²) in [6.07, 6.45) is 4.08. The van der Waals surface area contributed by atoms with Crippen molar-refractivity contribution in [2.45, 2.75) is 12.8 Å². The number of rotatable bonds is 5. The minimum absolute atomic E-state index is 0.0759. The molecular formula is C20H21N5O4. The lowest BCUT2D eigenvalue weighted by Crippen LogP contribution is -2.41. The summed E-state index contributed by atoms with van der Waals surface area (Å²) in [6.45, 7) is 1.03. The van der Waals surface area contributed by atoms with Crippen LogP contribution in [0.25, 0.3) is 11.4 Å². The summed E-state index contributed by atoms with van der Waals surface area (Å²) >= 11 is 0. The van der Waals surface area contributed by atoms with Gasteiger partial charge in [0.15, 0.2) is 5.82 Å². The smallest absolute Gasteiger partial charge is 0.257 e. The first-order valence-corrected chi connectivity index (χ1v) is 9.34. The number of ether oxygens (including phenoxy) is 1. The molecule has 0 saturated carbocycles. The van der Waals surface area contributed by atoms with Gasteiger partial charge in [-0.2, -0.15) is 4.98 Å². The van der Waals surface area contributed by atoms with Crippen LogP contribution in [0.4, 0.5) is 5.95 Å². The summed E-state index contributed by atoms with van der Waals surface area (Å²) in [6, 6.07) is 9.07. The Bertz CT molecular complexity index is 990. The molecule has 0 atom stereocenters. The van der Waals surface area contributed by atoms with Gasteiger partial charge in [-0.05, 0) is 31.0 Å². The van der Waals surface area contributed by atoms with Crippen LogP contribution in [0.15, 0.2) is 47.3 Å². The number of para-hydroxylation sites is 1. The number of aromatic nitrogens is 3. The van der Waals surface area contributed by atoms with E-state index >= 15 is 0 Å². The number of nitrogens with one attached hydrogen (secondary N) is 2. The summed E-state index contributed by atoms with van der Waals surface area (Å²) in [7, 11) is 1.58. The van der Waals surface area contributed by atoms with Gasteiger partial charge in [-0.3, -0.25) is 20.0 Å². The molecule has 0 bridgehead atoms. The van der Waals surface area contributed by atoms with Crippen molar-refractivity contribution in [2.24, 2.45) is 5.92 Å². The number of aromatic amines is 1. The molecule has 4 rings (SSSR count). The van der Waals surface area contributed by atoms with Crippen molar-refractivity contribution >= 4 is 17.8 Å². The van der Waals surface area contributed by atoms with Gasteiger partial charge in [0.2, 0.25) is 11.9 Å². The Balaban J connectivity index is 1.35. The van der Waals surface area contributed by atoms with E-state index in [9.17, 15) is 9.59 Å². The van der Waals surface area contributed by atoms with E-state index in [0.717, 1.165) is 5.56 Å². The van der Waals surface area contributed by atoms with Crippen molar-refractivity contribution in [3.63, 3.8) is 0 Å². The van der Waals surface area contributed by atoms with Crippen LogP contribution in [0.2, 0.25) is 0 Å². The maximum absolute atomic E-state index is 12.6. The number of anilines is 1. The number of carbonyl (C=O) groups excluding carboxylic acids is 2. The highest BCUT2D eigenvalue weighted by Gasteiger charge is 2.28. The lowest BCUT2D eigenvalue weighted by molar-refractivity contribution is -0.121. The van der Waals surface area contributed by atoms with Crippen LogP contribution >= 0.6 is 0 Å².